The van der Waals surface area contributed by atoms with E-state index in [0.717, 1.165) is 25.3 Å². The second-order valence-corrected chi connectivity index (χ2v) is 4.91. The summed E-state index contributed by atoms with van der Waals surface area (Å²) in [5.41, 5.74) is 1.29. The molecule has 1 aromatic heterocycles. The van der Waals surface area contributed by atoms with Gasteiger partial charge in [0.15, 0.2) is 0 Å². The van der Waals surface area contributed by atoms with Gasteiger partial charge in [-0.2, -0.15) is 0 Å². The molecular weight excluding hydrogens is 222 g/mol. The van der Waals surface area contributed by atoms with E-state index in [1.54, 1.807) is 0 Å². The molecule has 0 bridgehead atoms. The number of nitrogens with one attached hydrogen (secondary N) is 1. The number of hydrogen-bond acceptors (Lipinski definition) is 3. The fourth-order valence-corrected chi connectivity index (χ4v) is 2.11. The molecule has 1 atom stereocenters. The fourth-order valence-electron chi connectivity index (χ4n) is 2.11. The van der Waals surface area contributed by atoms with Gasteiger partial charge in [-0.15, -0.1) is 0 Å². The minimum absolute atomic E-state index is 0.537. The highest BCUT2D eigenvalue weighted by Gasteiger charge is 2.13. The first-order chi connectivity index (χ1) is 8.70. The van der Waals surface area contributed by atoms with Crippen LogP contribution < -0.4 is 10.2 Å². The molecule has 0 aliphatic carbocycles. The molecule has 3 nitrogen and oxygen atoms in total. The number of hydrogen-bond donors (Lipinski definition) is 1. The van der Waals surface area contributed by atoms with Gasteiger partial charge in [0.2, 0.25) is 0 Å². The first-order valence-electron chi connectivity index (χ1n) is 7.08. The molecule has 1 rings (SSSR count). The summed E-state index contributed by atoms with van der Waals surface area (Å²) >= 11 is 0. The quantitative estimate of drug-likeness (QED) is 0.717. The van der Waals surface area contributed by atoms with E-state index in [4.69, 9.17) is 0 Å². The van der Waals surface area contributed by atoms with Gasteiger partial charge in [-0.3, -0.25) is 0 Å². The van der Waals surface area contributed by atoms with E-state index in [1.807, 2.05) is 12.3 Å². The summed E-state index contributed by atoms with van der Waals surface area (Å²) < 4.78 is 0. The van der Waals surface area contributed by atoms with Gasteiger partial charge in [-0.25, -0.2) is 4.98 Å². The average molecular weight is 249 g/mol. The van der Waals surface area contributed by atoms with Crippen LogP contribution in [0.25, 0.3) is 0 Å². The zero-order valence-electron chi connectivity index (χ0n) is 12.2. The summed E-state index contributed by atoms with van der Waals surface area (Å²) in [6, 6.07) is 4.72. The van der Waals surface area contributed by atoms with E-state index in [1.165, 1.54) is 18.4 Å². The summed E-state index contributed by atoms with van der Waals surface area (Å²) in [6.07, 6.45) is 5.46. The van der Waals surface area contributed by atoms with Crippen molar-refractivity contribution in [3.8, 4) is 0 Å². The molecule has 1 heterocycles. The maximum absolute atomic E-state index is 4.55. The molecule has 0 radical (unpaired) electrons. The van der Waals surface area contributed by atoms with Crippen LogP contribution in [-0.4, -0.2) is 24.6 Å². The summed E-state index contributed by atoms with van der Waals surface area (Å²) in [4.78, 5) is 6.84. The van der Waals surface area contributed by atoms with Crippen molar-refractivity contribution in [2.75, 3.05) is 18.5 Å². The number of rotatable bonds is 8. The Balaban J connectivity index is 2.73. The molecule has 0 spiro atoms. The Morgan fingerprint density at radius 1 is 1.33 bits per heavy atom. The Kier molecular flexibility index (Phi) is 6.73. The Hall–Kier alpha value is -1.09. The van der Waals surface area contributed by atoms with Gasteiger partial charge in [0.1, 0.15) is 5.82 Å². The minimum Gasteiger partial charge on any atom is -0.357 e. The molecular formula is C15H27N3. The number of nitrogens with zero attached hydrogens (tertiary/aromatic N) is 2. The lowest BCUT2D eigenvalue weighted by Crippen LogP contribution is -2.31. The van der Waals surface area contributed by atoms with Crippen LogP contribution in [0.15, 0.2) is 18.3 Å². The van der Waals surface area contributed by atoms with Crippen molar-refractivity contribution in [2.24, 2.45) is 0 Å². The van der Waals surface area contributed by atoms with Gasteiger partial charge in [-0.05, 0) is 32.4 Å². The zero-order chi connectivity index (χ0) is 13.4. The zero-order valence-corrected chi connectivity index (χ0v) is 12.2. The van der Waals surface area contributed by atoms with E-state index >= 15 is 0 Å². The van der Waals surface area contributed by atoms with E-state index in [-0.39, 0.29) is 0 Å². The normalized spacial score (nSPS) is 12.4. The van der Waals surface area contributed by atoms with Gasteiger partial charge in [0.05, 0.1) is 0 Å². The van der Waals surface area contributed by atoms with E-state index in [9.17, 15) is 0 Å². The number of anilines is 1. The second kappa shape index (κ2) is 8.09. The van der Waals surface area contributed by atoms with E-state index in [2.05, 4.69) is 49.1 Å². The average Bonchev–Trinajstić information content (AvgIpc) is 2.39. The lowest BCUT2D eigenvalue weighted by molar-refractivity contribution is 0.604. The molecule has 0 saturated heterocycles. The van der Waals surface area contributed by atoms with Crippen LogP contribution in [0.5, 0.6) is 0 Å². The maximum Gasteiger partial charge on any atom is 0.132 e. The summed E-state index contributed by atoms with van der Waals surface area (Å²) in [6.45, 7) is 8.64. The number of aromatic nitrogens is 1. The molecule has 0 amide bonds. The maximum atomic E-state index is 4.55. The van der Waals surface area contributed by atoms with E-state index < -0.39 is 0 Å². The van der Waals surface area contributed by atoms with Gasteiger partial charge in [0.25, 0.3) is 0 Å². The van der Waals surface area contributed by atoms with Gasteiger partial charge >= 0.3 is 0 Å². The summed E-state index contributed by atoms with van der Waals surface area (Å²) in [5.74, 6) is 1.11. The molecule has 1 N–H and O–H groups in total. The summed E-state index contributed by atoms with van der Waals surface area (Å²) in [7, 11) is 2.14. The Labute approximate surface area is 112 Å². The minimum atomic E-state index is 0.537. The highest BCUT2D eigenvalue weighted by Crippen LogP contribution is 2.19. The lowest BCUT2D eigenvalue weighted by atomic mass is 10.1. The van der Waals surface area contributed by atoms with Gasteiger partial charge in [0, 0.05) is 31.4 Å². The van der Waals surface area contributed by atoms with Crippen molar-refractivity contribution < 1.29 is 0 Å². The van der Waals surface area contributed by atoms with Gasteiger partial charge < -0.3 is 10.2 Å². The van der Waals surface area contributed by atoms with Crippen LogP contribution >= 0.6 is 0 Å². The molecule has 0 aliphatic rings. The fraction of sp³-hybridized carbons (Fsp3) is 0.667. The Morgan fingerprint density at radius 2 is 2.11 bits per heavy atom. The third-order valence-corrected chi connectivity index (χ3v) is 3.31. The first-order valence-corrected chi connectivity index (χ1v) is 7.08. The molecule has 0 fully saturated rings. The van der Waals surface area contributed by atoms with Crippen molar-refractivity contribution in [2.45, 2.75) is 52.6 Å². The van der Waals surface area contributed by atoms with Crippen molar-refractivity contribution in [1.82, 2.24) is 10.3 Å². The van der Waals surface area contributed by atoms with E-state index in [0.29, 0.717) is 6.04 Å². The largest absolute Gasteiger partial charge is 0.357 e. The predicted octanol–water partition coefficient (Wildman–Crippen LogP) is 3.21. The molecule has 0 aliphatic heterocycles. The third-order valence-electron chi connectivity index (χ3n) is 3.31. The highest BCUT2D eigenvalue weighted by atomic mass is 15.2. The molecule has 0 aromatic carbocycles. The van der Waals surface area contributed by atoms with Crippen molar-refractivity contribution >= 4 is 5.82 Å². The topological polar surface area (TPSA) is 28.2 Å². The molecule has 3 heteroatoms. The SMILES string of the molecule is CCCNCc1cccnc1N(C)C(C)CCC. The standard InChI is InChI=1S/C15H27N3/c1-5-8-13(3)18(4)15-14(9-7-11-17-15)12-16-10-6-2/h7,9,11,13,16H,5-6,8,10,12H2,1-4H3. The predicted molar refractivity (Wildman–Crippen MR) is 79.0 cm³/mol. The monoisotopic (exact) mass is 249 g/mol. The summed E-state index contributed by atoms with van der Waals surface area (Å²) in [5, 5.41) is 3.45. The van der Waals surface area contributed by atoms with Crippen molar-refractivity contribution in [3.05, 3.63) is 23.9 Å². The second-order valence-electron chi connectivity index (χ2n) is 4.91. The molecule has 102 valence electrons. The molecule has 0 saturated carbocycles. The lowest BCUT2D eigenvalue weighted by Gasteiger charge is -2.27. The molecule has 1 aromatic rings. The smallest absolute Gasteiger partial charge is 0.132 e. The Morgan fingerprint density at radius 3 is 2.78 bits per heavy atom. The highest BCUT2D eigenvalue weighted by molar-refractivity contribution is 5.46. The third kappa shape index (κ3) is 4.30. The van der Waals surface area contributed by atoms with Crippen LogP contribution in [0, 0.1) is 0 Å². The van der Waals surface area contributed by atoms with Crippen LogP contribution in [0.3, 0.4) is 0 Å². The number of pyridine rings is 1. The van der Waals surface area contributed by atoms with Gasteiger partial charge in [-0.1, -0.05) is 26.3 Å². The van der Waals surface area contributed by atoms with Crippen LogP contribution in [0.2, 0.25) is 0 Å². The Bertz CT molecular complexity index is 338. The first kappa shape index (κ1) is 15.0. The molecule has 18 heavy (non-hydrogen) atoms. The van der Waals surface area contributed by atoms with Crippen molar-refractivity contribution in [1.29, 1.82) is 0 Å². The van der Waals surface area contributed by atoms with Crippen LogP contribution in [0.4, 0.5) is 5.82 Å². The van der Waals surface area contributed by atoms with Crippen LogP contribution in [-0.2, 0) is 6.54 Å². The molecule has 1 unspecified atom stereocenters. The van der Waals surface area contributed by atoms with Crippen LogP contribution in [0.1, 0.15) is 45.6 Å². The van der Waals surface area contributed by atoms with Crippen molar-refractivity contribution in [3.63, 3.8) is 0 Å².